The van der Waals surface area contributed by atoms with E-state index in [-0.39, 0.29) is 21.2 Å². The minimum Gasteiger partial charge on any atom is -0.493 e. The van der Waals surface area contributed by atoms with Crippen LogP contribution >= 0.6 is 69.6 Å². The molecule has 2 heterocycles. The van der Waals surface area contributed by atoms with Crippen LogP contribution in [-0.4, -0.2) is 60.1 Å². The molecule has 0 saturated carbocycles. The van der Waals surface area contributed by atoms with Gasteiger partial charge in [-0.05, 0) is 47.6 Å². The number of hydrogen-bond donors (Lipinski definition) is 3. The molecule has 14 heteroatoms. The van der Waals surface area contributed by atoms with E-state index in [2.05, 4.69) is 4.90 Å². The lowest BCUT2D eigenvalue weighted by Crippen LogP contribution is -2.65. The minimum atomic E-state index is -2.11. The highest BCUT2D eigenvalue weighted by atomic mass is 35.5. The van der Waals surface area contributed by atoms with Crippen molar-refractivity contribution < 1.29 is 19.8 Å². The lowest BCUT2D eigenvalue weighted by molar-refractivity contribution is -0.138. The fraction of sp³-hybridized carbons (Fsp3) is 0.619. The number of nitrogens with two attached hydrogens (primary N) is 1. The second kappa shape index (κ2) is 7.65. The zero-order chi connectivity index (χ0) is 26.8. The SMILES string of the molecule is CN1C(C)(C)CC(N(C(=O)C(N)=O)n2c(O)c3c(c2O)C2(Cl)C(Cl)=C(Cl)C3(Cl)C2(Cl)Cl)CC1(C)C. The maximum absolute atomic E-state index is 13.2. The van der Waals surface area contributed by atoms with E-state index in [9.17, 15) is 19.8 Å². The number of carbonyl (C=O) groups excluding carboxylic acids is 2. The summed E-state index contributed by atoms with van der Waals surface area (Å²) in [6, 6.07) is -0.689. The number of aromatic nitrogens is 1. The Morgan fingerprint density at radius 2 is 1.29 bits per heavy atom. The summed E-state index contributed by atoms with van der Waals surface area (Å²) in [4.78, 5) is 23.4. The summed E-state index contributed by atoms with van der Waals surface area (Å²) in [5.74, 6) is -3.92. The first-order valence-electron chi connectivity index (χ1n) is 10.6. The van der Waals surface area contributed by atoms with Crippen LogP contribution in [0.25, 0.3) is 0 Å². The van der Waals surface area contributed by atoms with Crippen LogP contribution in [0.3, 0.4) is 0 Å². The van der Waals surface area contributed by atoms with Gasteiger partial charge in [0.2, 0.25) is 11.8 Å². The van der Waals surface area contributed by atoms with Crippen molar-refractivity contribution in [1.29, 1.82) is 0 Å². The third-order valence-electron chi connectivity index (χ3n) is 7.72. The maximum atomic E-state index is 13.2. The Kier molecular flexibility index (Phi) is 5.97. The number of halogens is 6. The first-order valence-corrected chi connectivity index (χ1v) is 12.8. The molecule has 4 N–H and O–H groups in total. The predicted octanol–water partition coefficient (Wildman–Crippen LogP) is 4.26. The minimum absolute atomic E-state index is 0.222. The maximum Gasteiger partial charge on any atom is 0.330 e. The van der Waals surface area contributed by atoms with E-state index < -0.39 is 54.8 Å². The number of allylic oxidation sites excluding steroid dienone is 2. The quantitative estimate of drug-likeness (QED) is 0.343. The molecule has 1 fully saturated rings. The molecule has 8 nitrogen and oxygen atoms in total. The molecule has 194 valence electrons. The van der Waals surface area contributed by atoms with Gasteiger partial charge in [0.15, 0.2) is 4.33 Å². The normalized spacial score (nSPS) is 31.1. The molecule has 1 aromatic rings. The van der Waals surface area contributed by atoms with Crippen LogP contribution in [0.15, 0.2) is 10.1 Å². The highest BCUT2D eigenvalue weighted by Crippen LogP contribution is 2.80. The smallest absolute Gasteiger partial charge is 0.330 e. The zero-order valence-electron chi connectivity index (χ0n) is 19.4. The topological polar surface area (TPSA) is 112 Å². The van der Waals surface area contributed by atoms with Gasteiger partial charge in [0, 0.05) is 11.1 Å². The summed E-state index contributed by atoms with van der Waals surface area (Å²) in [6.07, 6.45) is 0.723. The van der Waals surface area contributed by atoms with Gasteiger partial charge in [-0.25, -0.2) is 5.01 Å². The summed E-state index contributed by atoms with van der Waals surface area (Å²) in [5.41, 5.74) is 4.04. The van der Waals surface area contributed by atoms with Crippen LogP contribution in [0.5, 0.6) is 11.8 Å². The predicted molar refractivity (Wildman–Crippen MR) is 137 cm³/mol. The van der Waals surface area contributed by atoms with Crippen LogP contribution < -0.4 is 10.7 Å². The summed E-state index contributed by atoms with van der Waals surface area (Å²) < 4.78 is -1.34. The second-order valence-electron chi connectivity index (χ2n) is 10.5. The molecule has 0 radical (unpaired) electrons. The Labute approximate surface area is 232 Å². The van der Waals surface area contributed by atoms with Gasteiger partial charge in [0.25, 0.3) is 0 Å². The summed E-state index contributed by atoms with van der Waals surface area (Å²) in [7, 11) is 1.96. The number of nitrogens with zero attached hydrogens (tertiary/aromatic N) is 3. The van der Waals surface area contributed by atoms with Crippen LogP contribution in [0.1, 0.15) is 51.7 Å². The zero-order valence-corrected chi connectivity index (χ0v) is 23.9. The number of likely N-dealkylation sites (tertiary alicyclic amines) is 1. The number of rotatable bonds is 2. The fourth-order valence-electron chi connectivity index (χ4n) is 5.77. The standard InChI is InChI=1S/C21H24Cl6N4O4/c1-17(2)6-8(7-18(3,4)29(17)5)30(16(35)13(28)32)31-14(33)9-10(15(31)34)20(25)12(23)11(22)19(9,24)21(20,26)27/h8,33-34H,6-7H2,1-5H3,(H2,28,32). The number of fused-ring (bicyclic) bond motifs is 5. The molecule has 4 rings (SSSR count). The van der Waals surface area contributed by atoms with Crippen molar-refractivity contribution in [2.45, 2.75) is 71.7 Å². The summed E-state index contributed by atoms with van der Waals surface area (Å²) >= 11 is 39.4. The first kappa shape index (κ1) is 27.3. The molecule has 2 aliphatic carbocycles. The molecular formula is C21H24Cl6N4O4. The van der Waals surface area contributed by atoms with Gasteiger partial charge in [0.1, 0.15) is 9.75 Å². The van der Waals surface area contributed by atoms with E-state index in [1.54, 1.807) is 0 Å². The van der Waals surface area contributed by atoms with E-state index in [0.717, 1.165) is 9.69 Å². The number of amides is 2. The molecule has 1 aliphatic heterocycles. The van der Waals surface area contributed by atoms with Crippen LogP contribution in [0.2, 0.25) is 0 Å². The van der Waals surface area contributed by atoms with Crippen molar-refractivity contribution in [2.24, 2.45) is 5.73 Å². The van der Waals surface area contributed by atoms with Gasteiger partial charge < -0.3 is 15.9 Å². The number of alkyl halides is 4. The average molecular weight is 609 g/mol. The van der Waals surface area contributed by atoms with Gasteiger partial charge in [-0.2, -0.15) is 4.68 Å². The molecule has 2 unspecified atom stereocenters. The van der Waals surface area contributed by atoms with Crippen molar-refractivity contribution >= 4 is 81.4 Å². The highest BCUT2D eigenvalue weighted by Gasteiger charge is 2.80. The number of primary amides is 1. The second-order valence-corrected chi connectivity index (χ2v) is 13.7. The van der Waals surface area contributed by atoms with E-state index in [0.29, 0.717) is 12.8 Å². The van der Waals surface area contributed by atoms with Crippen LogP contribution in [0.4, 0.5) is 0 Å². The van der Waals surface area contributed by atoms with Crippen molar-refractivity contribution in [1.82, 2.24) is 9.58 Å². The Hall–Kier alpha value is -0.740. The molecule has 1 saturated heterocycles. The molecule has 0 spiro atoms. The highest BCUT2D eigenvalue weighted by molar-refractivity contribution is 6.65. The molecule has 1 aromatic heterocycles. The number of aromatic hydroxyl groups is 2. The average Bonchev–Trinajstić information content (AvgIpc) is 3.10. The molecule has 0 aromatic carbocycles. The lowest BCUT2D eigenvalue weighted by Gasteiger charge is -2.55. The Balaban J connectivity index is 1.98. The van der Waals surface area contributed by atoms with Gasteiger partial charge >= 0.3 is 11.8 Å². The van der Waals surface area contributed by atoms with Gasteiger partial charge in [-0.1, -0.05) is 46.4 Å². The lowest BCUT2D eigenvalue weighted by atomic mass is 9.77. The van der Waals surface area contributed by atoms with E-state index in [4.69, 9.17) is 75.3 Å². The monoisotopic (exact) mass is 606 g/mol. The summed E-state index contributed by atoms with van der Waals surface area (Å²) in [5, 5.41) is 23.2. The van der Waals surface area contributed by atoms with E-state index in [1.807, 2.05) is 34.7 Å². The van der Waals surface area contributed by atoms with Gasteiger partial charge in [-0.3, -0.25) is 14.5 Å². The number of hydrogen-bond acceptors (Lipinski definition) is 5. The molecule has 35 heavy (non-hydrogen) atoms. The van der Waals surface area contributed by atoms with E-state index in [1.165, 1.54) is 0 Å². The molecular weight excluding hydrogens is 585 g/mol. The molecule has 2 bridgehead atoms. The Morgan fingerprint density at radius 1 is 0.914 bits per heavy atom. The first-order chi connectivity index (χ1) is 15.7. The van der Waals surface area contributed by atoms with Crippen molar-refractivity contribution in [3.63, 3.8) is 0 Å². The third kappa shape index (κ3) is 3.05. The Morgan fingerprint density at radius 3 is 1.63 bits per heavy atom. The number of piperidine rings is 1. The van der Waals surface area contributed by atoms with Crippen molar-refractivity contribution in [2.75, 3.05) is 12.1 Å². The van der Waals surface area contributed by atoms with Gasteiger partial charge in [-0.15, -0.1) is 23.2 Å². The number of carbonyl (C=O) groups is 2. The molecule has 2 atom stereocenters. The van der Waals surface area contributed by atoms with Gasteiger partial charge in [0.05, 0.1) is 27.2 Å². The largest absolute Gasteiger partial charge is 0.493 e. The third-order valence-corrected chi connectivity index (χ3v) is 11.8. The Bertz CT molecular complexity index is 1140. The fourth-order valence-corrected chi connectivity index (χ4v) is 8.45. The van der Waals surface area contributed by atoms with E-state index >= 15 is 0 Å². The van der Waals surface area contributed by atoms with Crippen LogP contribution in [-0.2, 0) is 19.3 Å². The van der Waals surface area contributed by atoms with Crippen molar-refractivity contribution in [3.8, 4) is 11.8 Å². The molecule has 2 amide bonds. The van der Waals surface area contributed by atoms with Crippen molar-refractivity contribution in [3.05, 3.63) is 21.2 Å². The molecule has 3 aliphatic rings. The van der Waals surface area contributed by atoms with Crippen LogP contribution in [0, 0.1) is 0 Å². The summed E-state index contributed by atoms with van der Waals surface area (Å²) in [6.45, 7) is 7.90.